The Labute approximate surface area is 114 Å². The molecule has 106 valence electrons. The van der Waals surface area contributed by atoms with E-state index >= 15 is 0 Å². The van der Waals surface area contributed by atoms with Crippen LogP contribution in [0.25, 0.3) is 0 Å². The second-order valence-corrected chi connectivity index (χ2v) is 6.76. The van der Waals surface area contributed by atoms with Gasteiger partial charge in [0, 0.05) is 31.5 Å². The summed E-state index contributed by atoms with van der Waals surface area (Å²) in [4.78, 5) is 8.10. The maximum absolute atomic E-state index is 11.7. The maximum Gasteiger partial charge on any atom is 0.211 e. The Kier molecular flexibility index (Phi) is 4.71. The number of hydrogen-bond donors (Lipinski definition) is 1. The van der Waals surface area contributed by atoms with Crippen molar-refractivity contribution < 1.29 is 8.42 Å². The normalized spacial score (nSPS) is 21.2. The molecule has 0 saturated carbocycles. The van der Waals surface area contributed by atoms with Gasteiger partial charge >= 0.3 is 0 Å². The number of nitrogens with one attached hydrogen (secondary N) is 1. The molecular formula is C12H20N4O2S. The van der Waals surface area contributed by atoms with Gasteiger partial charge in [0.15, 0.2) is 0 Å². The van der Waals surface area contributed by atoms with E-state index < -0.39 is 10.0 Å². The summed E-state index contributed by atoms with van der Waals surface area (Å²) < 4.78 is 25.1. The first-order chi connectivity index (χ1) is 9.07. The average Bonchev–Trinajstić information content (AvgIpc) is 2.39. The molecule has 7 heteroatoms. The van der Waals surface area contributed by atoms with E-state index in [1.165, 1.54) is 6.26 Å². The molecule has 1 aliphatic heterocycles. The van der Waals surface area contributed by atoms with E-state index in [9.17, 15) is 8.42 Å². The van der Waals surface area contributed by atoms with Crippen molar-refractivity contribution in [3.8, 4) is 0 Å². The van der Waals surface area contributed by atoms with Crippen molar-refractivity contribution in [3.63, 3.8) is 0 Å². The van der Waals surface area contributed by atoms with E-state index in [1.807, 2.05) is 0 Å². The highest BCUT2D eigenvalue weighted by molar-refractivity contribution is 7.88. The van der Waals surface area contributed by atoms with Gasteiger partial charge in [0.05, 0.1) is 12.5 Å². The third-order valence-electron chi connectivity index (χ3n) is 3.35. The van der Waals surface area contributed by atoms with Crippen LogP contribution in [0.5, 0.6) is 0 Å². The zero-order valence-corrected chi connectivity index (χ0v) is 11.9. The van der Waals surface area contributed by atoms with Crippen molar-refractivity contribution in [2.45, 2.75) is 31.7 Å². The van der Waals surface area contributed by atoms with Crippen molar-refractivity contribution in [2.24, 2.45) is 0 Å². The lowest BCUT2D eigenvalue weighted by Gasteiger charge is -2.33. The topological polar surface area (TPSA) is 75.2 Å². The molecule has 1 atom stereocenters. The standard InChI is InChI=1S/C12H20N4O2S/c1-19(17,18)16-9-3-2-4-11(16)5-6-14-12-10-13-7-8-15-12/h7-8,10-11H,2-6,9H2,1H3,(H,14,15). The van der Waals surface area contributed by atoms with Crippen LogP contribution >= 0.6 is 0 Å². The van der Waals surface area contributed by atoms with E-state index in [4.69, 9.17) is 0 Å². The summed E-state index contributed by atoms with van der Waals surface area (Å²) >= 11 is 0. The van der Waals surface area contributed by atoms with Crippen molar-refractivity contribution >= 4 is 15.8 Å². The van der Waals surface area contributed by atoms with E-state index in [-0.39, 0.29) is 6.04 Å². The number of sulfonamides is 1. The summed E-state index contributed by atoms with van der Waals surface area (Å²) in [6.45, 7) is 1.35. The van der Waals surface area contributed by atoms with E-state index in [0.717, 1.165) is 31.5 Å². The minimum Gasteiger partial charge on any atom is -0.369 e. The highest BCUT2D eigenvalue weighted by Gasteiger charge is 2.28. The summed E-state index contributed by atoms with van der Waals surface area (Å²) in [5.41, 5.74) is 0. The van der Waals surface area contributed by atoms with Gasteiger partial charge < -0.3 is 5.32 Å². The van der Waals surface area contributed by atoms with Crippen LogP contribution in [0, 0.1) is 0 Å². The highest BCUT2D eigenvalue weighted by atomic mass is 32.2. The molecule has 0 amide bonds. The fourth-order valence-electron chi connectivity index (χ4n) is 2.46. The second kappa shape index (κ2) is 6.29. The van der Waals surface area contributed by atoms with Crippen LogP contribution in [-0.4, -0.2) is 48.1 Å². The molecule has 6 nitrogen and oxygen atoms in total. The fraction of sp³-hybridized carbons (Fsp3) is 0.667. The summed E-state index contributed by atoms with van der Waals surface area (Å²) in [6, 6.07) is 0.105. The van der Waals surface area contributed by atoms with Crippen LogP contribution in [0.4, 0.5) is 5.82 Å². The van der Waals surface area contributed by atoms with Crippen LogP contribution in [0.2, 0.25) is 0 Å². The largest absolute Gasteiger partial charge is 0.369 e. The molecular weight excluding hydrogens is 264 g/mol. The maximum atomic E-state index is 11.7. The molecule has 0 spiro atoms. The van der Waals surface area contributed by atoms with Gasteiger partial charge in [-0.25, -0.2) is 13.4 Å². The first-order valence-corrected chi connectivity index (χ1v) is 8.39. The number of rotatable bonds is 5. The molecule has 1 N–H and O–H groups in total. The zero-order valence-electron chi connectivity index (χ0n) is 11.1. The molecule has 1 unspecified atom stereocenters. The smallest absolute Gasteiger partial charge is 0.211 e. The molecule has 1 aromatic rings. The number of anilines is 1. The Morgan fingerprint density at radius 3 is 2.95 bits per heavy atom. The number of aromatic nitrogens is 2. The van der Waals surface area contributed by atoms with Gasteiger partial charge in [0.1, 0.15) is 5.82 Å². The molecule has 2 heterocycles. The van der Waals surface area contributed by atoms with Crippen LogP contribution in [0.1, 0.15) is 25.7 Å². The van der Waals surface area contributed by atoms with Crippen molar-refractivity contribution in [1.29, 1.82) is 0 Å². The van der Waals surface area contributed by atoms with Gasteiger partial charge in [0.2, 0.25) is 10.0 Å². The number of hydrogen-bond acceptors (Lipinski definition) is 5. The summed E-state index contributed by atoms with van der Waals surface area (Å²) in [5.74, 6) is 0.726. The van der Waals surface area contributed by atoms with Gasteiger partial charge in [-0.3, -0.25) is 4.98 Å². The molecule has 1 aliphatic rings. The van der Waals surface area contributed by atoms with Gasteiger partial charge in [-0.05, 0) is 19.3 Å². The SMILES string of the molecule is CS(=O)(=O)N1CCCCC1CCNc1cnccn1. The molecule has 1 saturated heterocycles. The lowest BCUT2D eigenvalue weighted by molar-refractivity contribution is 0.246. The molecule has 0 bridgehead atoms. The molecule has 2 rings (SSSR count). The first-order valence-electron chi connectivity index (χ1n) is 6.54. The van der Waals surface area contributed by atoms with Crippen molar-refractivity contribution in [3.05, 3.63) is 18.6 Å². The predicted molar refractivity (Wildman–Crippen MR) is 74.3 cm³/mol. The minimum absolute atomic E-state index is 0.105. The lowest BCUT2D eigenvalue weighted by Crippen LogP contribution is -2.43. The fourth-order valence-corrected chi connectivity index (χ4v) is 3.67. The zero-order chi connectivity index (χ0) is 13.7. The Morgan fingerprint density at radius 1 is 1.42 bits per heavy atom. The third-order valence-corrected chi connectivity index (χ3v) is 4.68. The molecule has 0 radical (unpaired) electrons. The van der Waals surface area contributed by atoms with Crippen LogP contribution < -0.4 is 5.32 Å². The van der Waals surface area contributed by atoms with Crippen molar-refractivity contribution in [1.82, 2.24) is 14.3 Å². The average molecular weight is 284 g/mol. The second-order valence-electron chi connectivity index (χ2n) is 4.83. The van der Waals surface area contributed by atoms with E-state index in [1.54, 1.807) is 22.9 Å². The van der Waals surface area contributed by atoms with Crippen LogP contribution in [0.15, 0.2) is 18.6 Å². The van der Waals surface area contributed by atoms with Crippen molar-refractivity contribution in [2.75, 3.05) is 24.7 Å². The summed E-state index contributed by atoms with van der Waals surface area (Å²) in [6.07, 6.45) is 10.0. The Hall–Kier alpha value is -1.21. The van der Waals surface area contributed by atoms with Crippen LogP contribution in [0.3, 0.4) is 0 Å². The Balaban J connectivity index is 1.87. The van der Waals surface area contributed by atoms with E-state index in [0.29, 0.717) is 13.1 Å². The van der Waals surface area contributed by atoms with Crippen LogP contribution in [-0.2, 0) is 10.0 Å². The minimum atomic E-state index is -3.09. The van der Waals surface area contributed by atoms with Gasteiger partial charge in [-0.1, -0.05) is 6.42 Å². The predicted octanol–water partition coefficient (Wildman–Crippen LogP) is 1.09. The number of piperidine rings is 1. The Bertz CT molecular complexity index is 492. The first kappa shape index (κ1) is 14.2. The number of nitrogens with zero attached hydrogens (tertiary/aromatic N) is 3. The molecule has 1 fully saturated rings. The van der Waals surface area contributed by atoms with E-state index in [2.05, 4.69) is 15.3 Å². The van der Waals surface area contributed by atoms with Gasteiger partial charge in [0.25, 0.3) is 0 Å². The quantitative estimate of drug-likeness (QED) is 0.876. The highest BCUT2D eigenvalue weighted by Crippen LogP contribution is 2.22. The Morgan fingerprint density at radius 2 is 2.26 bits per heavy atom. The monoisotopic (exact) mass is 284 g/mol. The molecule has 19 heavy (non-hydrogen) atoms. The van der Waals surface area contributed by atoms with Gasteiger partial charge in [-0.15, -0.1) is 0 Å². The summed E-state index contributed by atoms with van der Waals surface area (Å²) in [5, 5.41) is 3.17. The summed E-state index contributed by atoms with van der Waals surface area (Å²) in [7, 11) is -3.09. The lowest BCUT2D eigenvalue weighted by atomic mass is 10.0. The molecule has 1 aromatic heterocycles. The molecule has 0 aromatic carbocycles. The van der Waals surface area contributed by atoms with Gasteiger partial charge in [-0.2, -0.15) is 4.31 Å². The third kappa shape index (κ3) is 4.14. The molecule has 0 aliphatic carbocycles.